The first-order valence-corrected chi connectivity index (χ1v) is 8.19. The van der Waals surface area contributed by atoms with Crippen molar-refractivity contribution in [2.75, 3.05) is 12.0 Å². The molecule has 2 fully saturated rings. The van der Waals surface area contributed by atoms with Gasteiger partial charge in [0.05, 0.1) is 5.75 Å². The van der Waals surface area contributed by atoms with E-state index in [1.54, 1.807) is 0 Å². The first kappa shape index (κ1) is 12.3. The van der Waals surface area contributed by atoms with Gasteiger partial charge < -0.3 is 0 Å². The largest absolute Gasteiger partial charge is 0.271 e. The fraction of sp³-hybridized carbons (Fsp3) is 1.00. The standard InChI is InChI=1S/C11H22N2O2S/c1-16(14,15)5-4-11(13-12)10-7-8-2-3-9(10)6-8/h8-11,13H,2-7,12H2,1H3. The van der Waals surface area contributed by atoms with Gasteiger partial charge in [0.1, 0.15) is 9.84 Å². The topological polar surface area (TPSA) is 72.2 Å². The zero-order valence-corrected chi connectivity index (χ0v) is 10.7. The summed E-state index contributed by atoms with van der Waals surface area (Å²) in [6.07, 6.45) is 7.20. The summed E-state index contributed by atoms with van der Waals surface area (Å²) < 4.78 is 22.3. The van der Waals surface area contributed by atoms with Crippen LogP contribution in [0.3, 0.4) is 0 Å². The van der Waals surface area contributed by atoms with E-state index in [9.17, 15) is 8.42 Å². The Kier molecular flexibility index (Phi) is 3.56. The van der Waals surface area contributed by atoms with Crippen LogP contribution in [0.4, 0.5) is 0 Å². The van der Waals surface area contributed by atoms with E-state index in [-0.39, 0.29) is 11.8 Å². The summed E-state index contributed by atoms with van der Waals surface area (Å²) in [5, 5.41) is 0. The highest BCUT2D eigenvalue weighted by Gasteiger charge is 2.42. The Balaban J connectivity index is 1.90. The maximum absolute atomic E-state index is 11.2. The van der Waals surface area contributed by atoms with Crippen molar-refractivity contribution in [1.29, 1.82) is 0 Å². The van der Waals surface area contributed by atoms with Gasteiger partial charge >= 0.3 is 0 Å². The number of hydrazine groups is 1. The van der Waals surface area contributed by atoms with Crippen molar-refractivity contribution in [3.05, 3.63) is 0 Å². The van der Waals surface area contributed by atoms with Gasteiger partial charge in [-0.3, -0.25) is 11.3 Å². The summed E-state index contributed by atoms with van der Waals surface area (Å²) in [6, 6.07) is 0.185. The third kappa shape index (κ3) is 2.76. The van der Waals surface area contributed by atoms with Crippen LogP contribution >= 0.6 is 0 Å². The molecule has 0 aliphatic heterocycles. The Bertz CT molecular complexity index is 342. The molecule has 3 N–H and O–H groups in total. The number of hydrogen-bond acceptors (Lipinski definition) is 4. The monoisotopic (exact) mass is 246 g/mol. The van der Waals surface area contributed by atoms with Crippen molar-refractivity contribution in [3.8, 4) is 0 Å². The number of hydrogen-bond donors (Lipinski definition) is 2. The van der Waals surface area contributed by atoms with Crippen molar-refractivity contribution in [3.63, 3.8) is 0 Å². The van der Waals surface area contributed by atoms with Gasteiger partial charge in [-0.2, -0.15) is 0 Å². The predicted molar refractivity (Wildman–Crippen MR) is 64.4 cm³/mol. The molecule has 94 valence electrons. The van der Waals surface area contributed by atoms with Gasteiger partial charge in [-0.25, -0.2) is 8.42 Å². The molecule has 2 bridgehead atoms. The lowest BCUT2D eigenvalue weighted by molar-refractivity contribution is 0.245. The molecule has 5 heteroatoms. The maximum atomic E-state index is 11.2. The van der Waals surface area contributed by atoms with Crippen LogP contribution < -0.4 is 11.3 Å². The Labute approximate surface area is 97.9 Å². The lowest BCUT2D eigenvalue weighted by Crippen LogP contribution is -2.43. The molecule has 2 saturated carbocycles. The van der Waals surface area contributed by atoms with E-state index < -0.39 is 9.84 Å². The summed E-state index contributed by atoms with van der Waals surface area (Å²) in [7, 11) is -2.87. The average molecular weight is 246 g/mol. The van der Waals surface area contributed by atoms with Crippen LogP contribution in [0.5, 0.6) is 0 Å². The normalized spacial score (nSPS) is 35.5. The van der Waals surface area contributed by atoms with Crippen LogP contribution in [0, 0.1) is 17.8 Å². The minimum absolute atomic E-state index is 0.185. The Morgan fingerprint density at radius 1 is 1.38 bits per heavy atom. The van der Waals surface area contributed by atoms with Crippen molar-refractivity contribution in [2.45, 2.75) is 38.1 Å². The molecule has 4 unspecified atom stereocenters. The molecule has 0 heterocycles. The molecular formula is C11H22N2O2S. The average Bonchev–Trinajstić information content (AvgIpc) is 2.78. The van der Waals surface area contributed by atoms with Gasteiger partial charge in [-0.1, -0.05) is 6.42 Å². The van der Waals surface area contributed by atoms with E-state index in [2.05, 4.69) is 5.43 Å². The summed E-state index contributed by atoms with van der Waals surface area (Å²) in [4.78, 5) is 0. The molecule has 0 aromatic rings. The Morgan fingerprint density at radius 3 is 2.56 bits per heavy atom. The zero-order chi connectivity index (χ0) is 11.8. The van der Waals surface area contributed by atoms with Gasteiger partial charge in [0.2, 0.25) is 0 Å². The number of sulfone groups is 1. The van der Waals surface area contributed by atoms with Gasteiger partial charge in [0, 0.05) is 12.3 Å². The van der Waals surface area contributed by atoms with Gasteiger partial charge in [-0.15, -0.1) is 0 Å². The molecule has 0 aromatic carbocycles. The van der Waals surface area contributed by atoms with Crippen molar-refractivity contribution in [2.24, 2.45) is 23.6 Å². The summed E-state index contributed by atoms with van der Waals surface area (Å²) in [5.41, 5.74) is 2.84. The zero-order valence-electron chi connectivity index (χ0n) is 9.85. The molecule has 2 aliphatic carbocycles. The van der Waals surface area contributed by atoms with Crippen molar-refractivity contribution < 1.29 is 8.42 Å². The SMILES string of the molecule is CS(=O)(=O)CCC(NN)C1CC2CCC1C2. The first-order chi connectivity index (χ1) is 7.49. The second kappa shape index (κ2) is 4.63. The molecule has 16 heavy (non-hydrogen) atoms. The third-order valence-corrected chi connectivity index (χ3v) is 5.30. The number of nitrogens with one attached hydrogen (secondary N) is 1. The van der Waals surface area contributed by atoms with Gasteiger partial charge in [-0.05, 0) is 43.4 Å². The third-order valence-electron chi connectivity index (χ3n) is 4.32. The van der Waals surface area contributed by atoms with Crippen LogP contribution in [0.15, 0.2) is 0 Å². The molecule has 2 rings (SSSR count). The van der Waals surface area contributed by atoms with E-state index in [1.165, 1.54) is 31.9 Å². The van der Waals surface area contributed by atoms with Crippen LogP contribution in [-0.4, -0.2) is 26.5 Å². The molecule has 2 aliphatic rings. The van der Waals surface area contributed by atoms with E-state index in [0.717, 1.165) is 11.8 Å². The quantitative estimate of drug-likeness (QED) is 0.553. The summed E-state index contributed by atoms with van der Waals surface area (Å²) >= 11 is 0. The maximum Gasteiger partial charge on any atom is 0.147 e. The van der Waals surface area contributed by atoms with Crippen LogP contribution in [-0.2, 0) is 9.84 Å². The number of fused-ring (bicyclic) bond motifs is 2. The molecule has 4 nitrogen and oxygen atoms in total. The fourth-order valence-electron chi connectivity index (χ4n) is 3.55. The molecule has 4 atom stereocenters. The predicted octanol–water partition coefficient (Wildman–Crippen LogP) is 0.689. The van der Waals surface area contributed by atoms with Crippen molar-refractivity contribution in [1.82, 2.24) is 5.43 Å². The van der Waals surface area contributed by atoms with E-state index in [0.29, 0.717) is 12.3 Å². The highest BCUT2D eigenvalue weighted by atomic mass is 32.2. The molecule has 0 radical (unpaired) electrons. The molecule has 0 amide bonds. The smallest absolute Gasteiger partial charge is 0.147 e. The van der Waals surface area contributed by atoms with E-state index in [4.69, 9.17) is 5.84 Å². The van der Waals surface area contributed by atoms with Crippen LogP contribution in [0.2, 0.25) is 0 Å². The van der Waals surface area contributed by atoms with Crippen molar-refractivity contribution >= 4 is 9.84 Å². The number of nitrogens with two attached hydrogens (primary N) is 1. The lowest BCUT2D eigenvalue weighted by Gasteiger charge is -2.29. The molecular weight excluding hydrogens is 224 g/mol. The summed E-state index contributed by atoms with van der Waals surface area (Å²) in [5.74, 6) is 8.08. The van der Waals surface area contributed by atoms with Gasteiger partial charge in [0.15, 0.2) is 0 Å². The molecule has 0 aromatic heterocycles. The van der Waals surface area contributed by atoms with Gasteiger partial charge in [0.25, 0.3) is 0 Å². The second-order valence-electron chi connectivity index (χ2n) is 5.53. The lowest BCUT2D eigenvalue weighted by atomic mass is 9.82. The highest BCUT2D eigenvalue weighted by molar-refractivity contribution is 7.90. The second-order valence-corrected chi connectivity index (χ2v) is 7.79. The summed E-state index contributed by atoms with van der Waals surface area (Å²) in [6.45, 7) is 0. The fourth-order valence-corrected chi connectivity index (χ4v) is 4.23. The minimum atomic E-state index is -2.87. The molecule has 0 spiro atoms. The first-order valence-electron chi connectivity index (χ1n) is 6.13. The van der Waals surface area contributed by atoms with E-state index >= 15 is 0 Å². The van der Waals surface area contributed by atoms with E-state index in [1.807, 2.05) is 0 Å². The highest BCUT2D eigenvalue weighted by Crippen LogP contribution is 2.49. The number of rotatable bonds is 5. The minimum Gasteiger partial charge on any atom is -0.271 e. The Morgan fingerprint density at radius 2 is 2.12 bits per heavy atom. The Hall–Kier alpha value is -0.130. The molecule has 0 saturated heterocycles. The van der Waals surface area contributed by atoms with Crippen LogP contribution in [0.25, 0.3) is 0 Å². The van der Waals surface area contributed by atoms with Crippen LogP contribution in [0.1, 0.15) is 32.1 Å².